The third-order valence-electron chi connectivity index (χ3n) is 2.96. The minimum Gasteiger partial charge on any atom is -0.342 e. The molecule has 0 aromatic carbocycles. The molecule has 0 aromatic heterocycles. The van der Waals surface area contributed by atoms with Gasteiger partial charge in [-0.25, -0.2) is 9.78 Å². The molecular weight excluding hydrogens is 311 g/mol. The highest BCUT2D eigenvalue weighted by Gasteiger charge is 2.20. The van der Waals surface area contributed by atoms with Gasteiger partial charge in [0.2, 0.25) is 0 Å². The van der Waals surface area contributed by atoms with Crippen LogP contribution in [0.1, 0.15) is 81.1 Å². The zero-order valence-corrected chi connectivity index (χ0v) is 16.8. The summed E-state index contributed by atoms with van der Waals surface area (Å²) < 4.78 is 13.0. The summed E-state index contributed by atoms with van der Waals surface area (Å²) in [6.45, 7) is 15.4. The van der Waals surface area contributed by atoms with Gasteiger partial charge in [-0.2, -0.15) is 4.89 Å². The second-order valence-electron chi connectivity index (χ2n) is 8.33. The molecule has 24 heavy (non-hydrogen) atoms. The number of halogens is 1. The Morgan fingerprint density at radius 2 is 1.58 bits per heavy atom. The van der Waals surface area contributed by atoms with Gasteiger partial charge in [0.05, 0.1) is 12.3 Å². The fraction of sp³-hybridized carbons (Fsp3) is 0.895. The molecule has 144 valence electrons. The summed E-state index contributed by atoms with van der Waals surface area (Å²) in [6.07, 6.45) is 3.34. The predicted molar refractivity (Wildman–Crippen MR) is 95.0 cm³/mol. The molecule has 0 aliphatic heterocycles. The van der Waals surface area contributed by atoms with Crippen molar-refractivity contribution in [3.8, 4) is 0 Å². The predicted octanol–water partition coefficient (Wildman–Crippen LogP) is 5.92. The molecule has 0 aliphatic carbocycles. The van der Waals surface area contributed by atoms with Gasteiger partial charge in [-0.1, -0.05) is 20.3 Å². The minimum absolute atomic E-state index is 0.135. The molecule has 0 radical (unpaired) electrons. The lowest BCUT2D eigenvalue weighted by Gasteiger charge is -2.23. The van der Waals surface area contributed by atoms with E-state index in [1.807, 2.05) is 48.5 Å². The fourth-order valence-corrected chi connectivity index (χ4v) is 1.74. The molecule has 0 spiro atoms. The quantitative estimate of drug-likeness (QED) is 0.264. The van der Waals surface area contributed by atoms with Crippen molar-refractivity contribution in [2.75, 3.05) is 13.3 Å². The molecule has 1 atom stereocenters. The maximum atomic E-state index is 13.0. The molecule has 0 rings (SSSR count). The SMILES string of the molecule is CCCC/C(COOC(C)(C)C)=C(/CC(C)CF)OOC(C)(C)C. The standard InChI is InChI=1S/C19H37FO4/c1-9-10-11-16(14-21-23-18(3,4)5)17(12-15(2)13-20)22-24-19(6,7)8/h15H,9-14H2,1-8H3/b17-16+. The zero-order valence-electron chi connectivity index (χ0n) is 16.8. The van der Waals surface area contributed by atoms with Crippen LogP contribution in [0.25, 0.3) is 0 Å². The maximum absolute atomic E-state index is 13.0. The van der Waals surface area contributed by atoms with E-state index in [9.17, 15) is 4.39 Å². The highest BCUT2D eigenvalue weighted by atomic mass is 19.1. The van der Waals surface area contributed by atoms with E-state index in [0.717, 1.165) is 24.8 Å². The molecule has 0 saturated carbocycles. The van der Waals surface area contributed by atoms with Gasteiger partial charge in [-0.3, -0.25) is 4.39 Å². The van der Waals surface area contributed by atoms with Crippen LogP contribution in [-0.4, -0.2) is 24.5 Å². The molecule has 0 aromatic rings. The first-order chi connectivity index (χ1) is 11.0. The van der Waals surface area contributed by atoms with Crippen LogP contribution in [-0.2, 0) is 19.6 Å². The minimum atomic E-state index is -0.442. The maximum Gasteiger partial charge on any atom is 0.144 e. The molecule has 1 unspecified atom stereocenters. The van der Waals surface area contributed by atoms with Crippen molar-refractivity contribution in [1.29, 1.82) is 0 Å². The number of rotatable bonds is 11. The second kappa shape index (κ2) is 11.1. The van der Waals surface area contributed by atoms with E-state index in [-0.39, 0.29) is 11.5 Å². The van der Waals surface area contributed by atoms with Gasteiger partial charge in [0, 0.05) is 12.0 Å². The molecule has 0 N–H and O–H groups in total. The second-order valence-corrected chi connectivity index (χ2v) is 8.33. The lowest BCUT2D eigenvalue weighted by molar-refractivity contribution is -0.346. The molecule has 4 nitrogen and oxygen atoms in total. The summed E-state index contributed by atoms with van der Waals surface area (Å²) in [4.78, 5) is 21.8. The number of unbranched alkanes of at least 4 members (excludes halogenated alkanes) is 1. The van der Waals surface area contributed by atoms with E-state index < -0.39 is 12.3 Å². The fourth-order valence-electron chi connectivity index (χ4n) is 1.74. The molecule has 0 saturated heterocycles. The van der Waals surface area contributed by atoms with Crippen LogP contribution in [0.3, 0.4) is 0 Å². The summed E-state index contributed by atoms with van der Waals surface area (Å²) in [5.74, 6) is 0.518. The van der Waals surface area contributed by atoms with E-state index in [0.29, 0.717) is 18.8 Å². The first kappa shape index (κ1) is 23.4. The average molecular weight is 348 g/mol. The first-order valence-electron chi connectivity index (χ1n) is 8.91. The normalized spacial score (nSPS) is 15.2. The highest BCUT2D eigenvalue weighted by molar-refractivity contribution is 5.09. The summed E-state index contributed by atoms with van der Waals surface area (Å²) in [5, 5.41) is 0. The molecule has 0 fully saturated rings. The van der Waals surface area contributed by atoms with Crippen LogP contribution in [0, 0.1) is 5.92 Å². The lowest BCUT2D eigenvalue weighted by Crippen LogP contribution is -2.22. The Morgan fingerprint density at radius 1 is 1.00 bits per heavy atom. The zero-order chi connectivity index (χ0) is 18.8. The van der Waals surface area contributed by atoms with E-state index in [2.05, 4.69) is 6.92 Å². The van der Waals surface area contributed by atoms with Crippen molar-refractivity contribution in [2.24, 2.45) is 5.92 Å². The number of hydrogen-bond acceptors (Lipinski definition) is 4. The Balaban J connectivity index is 5.16. The monoisotopic (exact) mass is 348 g/mol. The third kappa shape index (κ3) is 12.7. The molecule has 0 amide bonds. The van der Waals surface area contributed by atoms with Crippen molar-refractivity contribution >= 4 is 0 Å². The number of alkyl halides is 1. The van der Waals surface area contributed by atoms with Gasteiger partial charge in [0.15, 0.2) is 0 Å². The van der Waals surface area contributed by atoms with Crippen molar-refractivity contribution < 1.29 is 23.9 Å². The Hall–Kier alpha value is -0.650. The van der Waals surface area contributed by atoms with Gasteiger partial charge >= 0.3 is 0 Å². The first-order valence-corrected chi connectivity index (χ1v) is 8.91. The van der Waals surface area contributed by atoms with Crippen LogP contribution in [0.15, 0.2) is 11.3 Å². The van der Waals surface area contributed by atoms with Gasteiger partial charge in [-0.15, -0.1) is 0 Å². The third-order valence-corrected chi connectivity index (χ3v) is 2.96. The van der Waals surface area contributed by atoms with Gasteiger partial charge < -0.3 is 4.89 Å². The van der Waals surface area contributed by atoms with Crippen molar-refractivity contribution in [2.45, 2.75) is 92.3 Å². The van der Waals surface area contributed by atoms with E-state index in [4.69, 9.17) is 19.6 Å². The van der Waals surface area contributed by atoms with Crippen molar-refractivity contribution in [3.63, 3.8) is 0 Å². The van der Waals surface area contributed by atoms with Crippen LogP contribution < -0.4 is 0 Å². The van der Waals surface area contributed by atoms with Crippen molar-refractivity contribution in [1.82, 2.24) is 0 Å². The Morgan fingerprint density at radius 3 is 2.04 bits per heavy atom. The summed E-state index contributed by atoms with van der Waals surface area (Å²) >= 11 is 0. The number of allylic oxidation sites excluding steroid dienone is 1. The summed E-state index contributed by atoms with van der Waals surface area (Å²) in [6, 6.07) is 0. The Bertz CT molecular complexity index is 367. The molecule has 0 aliphatic rings. The highest BCUT2D eigenvalue weighted by Crippen LogP contribution is 2.24. The summed E-state index contributed by atoms with van der Waals surface area (Å²) in [5.41, 5.74) is 0.138. The van der Waals surface area contributed by atoms with E-state index in [1.165, 1.54) is 0 Å². The van der Waals surface area contributed by atoms with Crippen LogP contribution in [0.4, 0.5) is 4.39 Å². The van der Waals surface area contributed by atoms with E-state index >= 15 is 0 Å². The van der Waals surface area contributed by atoms with Gasteiger partial charge in [-0.05, 0) is 60.3 Å². The topological polar surface area (TPSA) is 36.9 Å². The van der Waals surface area contributed by atoms with Crippen molar-refractivity contribution in [3.05, 3.63) is 11.3 Å². The Labute approximate surface area is 147 Å². The lowest BCUT2D eigenvalue weighted by atomic mass is 10.0. The van der Waals surface area contributed by atoms with Gasteiger partial charge in [0.25, 0.3) is 0 Å². The molecular formula is C19H37FO4. The van der Waals surface area contributed by atoms with Crippen LogP contribution >= 0.6 is 0 Å². The average Bonchev–Trinajstić information content (AvgIpc) is 2.44. The summed E-state index contributed by atoms with van der Waals surface area (Å²) in [7, 11) is 0. The molecule has 0 heterocycles. The molecule has 5 heteroatoms. The van der Waals surface area contributed by atoms with Crippen LogP contribution in [0.5, 0.6) is 0 Å². The van der Waals surface area contributed by atoms with Crippen LogP contribution in [0.2, 0.25) is 0 Å². The molecule has 0 bridgehead atoms. The van der Waals surface area contributed by atoms with E-state index in [1.54, 1.807) is 0 Å². The smallest absolute Gasteiger partial charge is 0.144 e. The van der Waals surface area contributed by atoms with Gasteiger partial charge in [0.1, 0.15) is 18.0 Å². The largest absolute Gasteiger partial charge is 0.342 e. The number of hydrogen-bond donors (Lipinski definition) is 0. The Kier molecular flexibility index (Phi) is 10.8.